The summed E-state index contributed by atoms with van der Waals surface area (Å²) in [5.74, 6) is 0.271. The zero-order chi connectivity index (χ0) is 15.0. The molecule has 0 aromatic heterocycles. The van der Waals surface area contributed by atoms with Crippen LogP contribution < -0.4 is 10.0 Å². The number of sulfonamides is 1. The van der Waals surface area contributed by atoms with Crippen LogP contribution >= 0.6 is 17.0 Å². The summed E-state index contributed by atoms with van der Waals surface area (Å²) >= 11 is 0. The predicted octanol–water partition coefficient (Wildman–Crippen LogP) is 1.76. The maximum absolute atomic E-state index is 11.5. The molecule has 3 N–H and O–H groups in total. The molecule has 1 heterocycles. The molecule has 1 aliphatic carbocycles. The fraction of sp³-hybridized carbons (Fsp3) is 0.500. The number of nitrogens with one attached hydrogen (secondary N) is 2. The summed E-state index contributed by atoms with van der Waals surface area (Å²) in [4.78, 5) is 4.22. The molecule has 1 aliphatic heterocycles. The molecule has 122 valence electrons. The van der Waals surface area contributed by atoms with Crippen LogP contribution in [0.25, 0.3) is 0 Å². The molecule has 2 unspecified atom stereocenters. The molecular formula is C14H20BrN3O3S. The van der Waals surface area contributed by atoms with E-state index in [9.17, 15) is 13.5 Å². The van der Waals surface area contributed by atoms with E-state index in [0.29, 0.717) is 5.69 Å². The van der Waals surface area contributed by atoms with Gasteiger partial charge < -0.3 is 10.4 Å². The summed E-state index contributed by atoms with van der Waals surface area (Å²) in [6, 6.07) is 3.72. The SMILES string of the molecule is Br.CS(=O)(=O)Nc1c(O)ccc2c1CCCC2C1CN=CN1. The first-order valence-corrected chi connectivity index (χ1v) is 8.92. The summed E-state index contributed by atoms with van der Waals surface area (Å²) in [5, 5.41) is 13.3. The van der Waals surface area contributed by atoms with E-state index in [-0.39, 0.29) is 34.7 Å². The van der Waals surface area contributed by atoms with E-state index in [1.807, 2.05) is 6.07 Å². The van der Waals surface area contributed by atoms with Gasteiger partial charge in [-0.2, -0.15) is 0 Å². The number of phenolic OH excluding ortho intramolecular Hbond substituents is 1. The molecule has 0 fully saturated rings. The highest BCUT2D eigenvalue weighted by atomic mass is 79.9. The highest BCUT2D eigenvalue weighted by Gasteiger charge is 2.31. The van der Waals surface area contributed by atoms with Crippen molar-refractivity contribution in [2.24, 2.45) is 4.99 Å². The van der Waals surface area contributed by atoms with Crippen LogP contribution in [-0.2, 0) is 16.4 Å². The Hall–Kier alpha value is -1.28. The second kappa shape index (κ2) is 6.45. The molecule has 1 aromatic carbocycles. The number of nitrogens with zero attached hydrogens (tertiary/aromatic N) is 1. The first-order chi connectivity index (χ1) is 9.96. The Kier molecular flexibility index (Phi) is 5.01. The van der Waals surface area contributed by atoms with E-state index in [2.05, 4.69) is 15.0 Å². The molecule has 0 amide bonds. The second-order valence-corrected chi connectivity index (χ2v) is 7.42. The van der Waals surface area contributed by atoms with Gasteiger partial charge in [0.05, 0.1) is 30.9 Å². The zero-order valence-corrected chi connectivity index (χ0v) is 14.8. The molecule has 0 radical (unpaired) electrons. The maximum Gasteiger partial charge on any atom is 0.229 e. The van der Waals surface area contributed by atoms with E-state index in [1.54, 1.807) is 12.4 Å². The molecule has 8 heteroatoms. The molecule has 2 aliphatic rings. The lowest BCUT2D eigenvalue weighted by Gasteiger charge is -2.31. The van der Waals surface area contributed by atoms with Gasteiger partial charge in [-0.1, -0.05) is 6.07 Å². The van der Waals surface area contributed by atoms with E-state index in [0.717, 1.165) is 43.2 Å². The Bertz CT molecular complexity index is 683. The van der Waals surface area contributed by atoms with Gasteiger partial charge in [0.25, 0.3) is 0 Å². The van der Waals surface area contributed by atoms with Crippen molar-refractivity contribution in [3.05, 3.63) is 23.3 Å². The van der Waals surface area contributed by atoms with Crippen LogP contribution in [0.5, 0.6) is 5.75 Å². The molecule has 0 bridgehead atoms. The van der Waals surface area contributed by atoms with Crippen molar-refractivity contribution < 1.29 is 13.5 Å². The number of rotatable bonds is 3. The van der Waals surface area contributed by atoms with Crippen LogP contribution in [0.3, 0.4) is 0 Å². The van der Waals surface area contributed by atoms with Gasteiger partial charge in [-0.25, -0.2) is 8.42 Å². The monoisotopic (exact) mass is 389 g/mol. The highest BCUT2D eigenvalue weighted by molar-refractivity contribution is 8.93. The first-order valence-electron chi connectivity index (χ1n) is 7.02. The minimum Gasteiger partial charge on any atom is -0.506 e. The number of aromatic hydroxyl groups is 1. The lowest BCUT2D eigenvalue weighted by Crippen LogP contribution is -2.34. The van der Waals surface area contributed by atoms with E-state index in [1.165, 1.54) is 0 Å². The normalized spacial score (nSPS) is 23.3. The van der Waals surface area contributed by atoms with Crippen LogP contribution in [0, 0.1) is 0 Å². The summed E-state index contributed by atoms with van der Waals surface area (Å²) in [5.41, 5.74) is 2.34. The average molecular weight is 390 g/mol. The Labute approximate surface area is 140 Å². The lowest BCUT2D eigenvalue weighted by atomic mass is 9.78. The van der Waals surface area contributed by atoms with Crippen LogP contribution in [0.4, 0.5) is 5.69 Å². The number of benzene rings is 1. The highest BCUT2D eigenvalue weighted by Crippen LogP contribution is 2.41. The van der Waals surface area contributed by atoms with Crippen LogP contribution in [0.2, 0.25) is 0 Å². The Morgan fingerprint density at radius 2 is 2.18 bits per heavy atom. The number of halogens is 1. The molecule has 0 spiro atoms. The van der Waals surface area contributed by atoms with Gasteiger partial charge in [-0.3, -0.25) is 9.71 Å². The third-order valence-corrected chi connectivity index (χ3v) is 4.70. The van der Waals surface area contributed by atoms with Crippen molar-refractivity contribution in [2.45, 2.75) is 31.2 Å². The summed E-state index contributed by atoms with van der Waals surface area (Å²) in [7, 11) is -3.42. The Morgan fingerprint density at radius 1 is 1.41 bits per heavy atom. The Balaban J connectivity index is 0.00000176. The topological polar surface area (TPSA) is 90.8 Å². The number of fused-ring (bicyclic) bond motifs is 1. The average Bonchev–Trinajstić information content (AvgIpc) is 2.94. The van der Waals surface area contributed by atoms with Crippen molar-refractivity contribution in [2.75, 3.05) is 17.5 Å². The third-order valence-electron chi connectivity index (χ3n) is 4.12. The maximum atomic E-state index is 11.5. The van der Waals surface area contributed by atoms with Crippen LogP contribution in [-0.4, -0.2) is 38.7 Å². The number of hydrogen-bond acceptors (Lipinski definition) is 5. The lowest BCUT2D eigenvalue weighted by molar-refractivity contribution is 0.449. The summed E-state index contributed by atoms with van der Waals surface area (Å²) in [6.45, 7) is 0.736. The fourth-order valence-corrected chi connectivity index (χ4v) is 3.85. The first kappa shape index (κ1) is 17.1. The minimum atomic E-state index is -3.42. The van der Waals surface area contributed by atoms with Crippen molar-refractivity contribution >= 4 is 39.0 Å². The minimum absolute atomic E-state index is 0. The zero-order valence-electron chi connectivity index (χ0n) is 12.2. The van der Waals surface area contributed by atoms with Gasteiger partial charge >= 0.3 is 0 Å². The number of phenols is 1. The summed E-state index contributed by atoms with van der Waals surface area (Å²) in [6.07, 6.45) is 5.61. The molecule has 0 saturated heterocycles. The predicted molar refractivity (Wildman–Crippen MR) is 92.9 cm³/mol. The number of hydrogen-bond donors (Lipinski definition) is 3. The van der Waals surface area contributed by atoms with E-state index >= 15 is 0 Å². The largest absolute Gasteiger partial charge is 0.506 e. The molecule has 2 atom stereocenters. The number of aliphatic imine (C=N–C) groups is 1. The van der Waals surface area contributed by atoms with Gasteiger partial charge in [-0.15, -0.1) is 17.0 Å². The van der Waals surface area contributed by atoms with Crippen LogP contribution in [0.15, 0.2) is 17.1 Å². The van der Waals surface area contributed by atoms with E-state index in [4.69, 9.17) is 0 Å². The Morgan fingerprint density at radius 3 is 2.82 bits per heavy atom. The molecule has 6 nitrogen and oxygen atoms in total. The van der Waals surface area contributed by atoms with Gasteiger partial charge in [-0.05, 0) is 36.5 Å². The smallest absolute Gasteiger partial charge is 0.229 e. The van der Waals surface area contributed by atoms with Gasteiger partial charge in [0.15, 0.2) is 0 Å². The van der Waals surface area contributed by atoms with Crippen molar-refractivity contribution in [3.8, 4) is 5.75 Å². The van der Waals surface area contributed by atoms with Crippen molar-refractivity contribution in [1.29, 1.82) is 0 Å². The molecule has 3 rings (SSSR count). The van der Waals surface area contributed by atoms with Gasteiger partial charge in [0.1, 0.15) is 5.75 Å². The molecule has 22 heavy (non-hydrogen) atoms. The third kappa shape index (κ3) is 3.38. The summed E-state index contributed by atoms with van der Waals surface area (Å²) < 4.78 is 25.5. The standard InChI is InChI=1S/C14H19N3O3S.BrH/c1-21(19,20)17-14-11-4-2-3-10(12-7-15-8-16-12)9(11)5-6-13(14)18;/h5-6,8,10,12,17-18H,2-4,7H2,1H3,(H,15,16);1H. The molecule has 0 saturated carbocycles. The van der Waals surface area contributed by atoms with Crippen LogP contribution in [0.1, 0.15) is 29.9 Å². The van der Waals surface area contributed by atoms with E-state index < -0.39 is 10.0 Å². The quantitative estimate of drug-likeness (QED) is 0.686. The van der Waals surface area contributed by atoms with Crippen molar-refractivity contribution in [1.82, 2.24) is 5.32 Å². The van der Waals surface area contributed by atoms with Gasteiger partial charge in [0.2, 0.25) is 10.0 Å². The van der Waals surface area contributed by atoms with Crippen molar-refractivity contribution in [3.63, 3.8) is 0 Å². The molecular weight excluding hydrogens is 370 g/mol. The second-order valence-electron chi connectivity index (χ2n) is 5.67. The van der Waals surface area contributed by atoms with Gasteiger partial charge in [0, 0.05) is 5.92 Å². The molecule has 1 aromatic rings. The fourth-order valence-electron chi connectivity index (χ4n) is 3.25. The number of anilines is 1.